The summed E-state index contributed by atoms with van der Waals surface area (Å²) >= 11 is 6.17. The second-order valence-corrected chi connectivity index (χ2v) is 6.76. The lowest BCUT2D eigenvalue weighted by molar-refractivity contribution is -0.134. The zero-order valence-electron chi connectivity index (χ0n) is 13.4. The molecule has 0 unspecified atom stereocenters. The van der Waals surface area contributed by atoms with Crippen LogP contribution in [0, 0.1) is 0 Å². The van der Waals surface area contributed by atoms with E-state index in [1.165, 1.54) is 0 Å². The van der Waals surface area contributed by atoms with E-state index in [2.05, 4.69) is 21.8 Å². The first-order valence-corrected chi connectivity index (χ1v) is 7.89. The van der Waals surface area contributed by atoms with Crippen LogP contribution in [0.25, 0.3) is 0 Å². The lowest BCUT2D eigenvalue weighted by atomic mass is 9.99. The molecular weight excluding hydrogens is 304 g/mol. The summed E-state index contributed by atoms with van der Waals surface area (Å²) in [4.78, 5) is 24.9. The number of rotatable bonds is 1. The minimum absolute atomic E-state index is 0.0279. The van der Waals surface area contributed by atoms with E-state index in [-0.39, 0.29) is 17.2 Å². The van der Waals surface area contributed by atoms with Crippen LogP contribution in [0.5, 0.6) is 0 Å². The van der Waals surface area contributed by atoms with Gasteiger partial charge in [-0.15, -0.1) is 0 Å². The highest BCUT2D eigenvalue weighted by molar-refractivity contribution is 6.28. The van der Waals surface area contributed by atoms with Crippen LogP contribution in [-0.2, 0) is 21.6 Å². The highest BCUT2D eigenvalue weighted by Crippen LogP contribution is 2.42. The van der Waals surface area contributed by atoms with Gasteiger partial charge in [0.05, 0.1) is 37.0 Å². The summed E-state index contributed by atoms with van der Waals surface area (Å²) in [5, 5.41) is 0.228. The Labute approximate surface area is 135 Å². The van der Waals surface area contributed by atoms with Crippen LogP contribution in [0.15, 0.2) is 0 Å². The maximum absolute atomic E-state index is 12.0. The third-order valence-corrected chi connectivity index (χ3v) is 4.72. The van der Waals surface area contributed by atoms with E-state index in [1.54, 1.807) is 6.92 Å². The average Bonchev–Trinajstić information content (AvgIpc) is 2.71. The predicted molar refractivity (Wildman–Crippen MR) is 83.9 cm³/mol. The van der Waals surface area contributed by atoms with Crippen molar-refractivity contribution in [1.29, 1.82) is 0 Å². The zero-order chi connectivity index (χ0) is 16.1. The first-order valence-electron chi connectivity index (χ1n) is 7.52. The van der Waals surface area contributed by atoms with Gasteiger partial charge in [-0.3, -0.25) is 4.79 Å². The Morgan fingerprint density at radius 2 is 2.14 bits per heavy atom. The van der Waals surface area contributed by atoms with E-state index in [1.807, 2.05) is 18.7 Å². The molecule has 120 valence electrons. The van der Waals surface area contributed by atoms with Crippen LogP contribution < -0.4 is 4.90 Å². The molecule has 0 saturated carbocycles. The van der Waals surface area contributed by atoms with Crippen molar-refractivity contribution in [3.63, 3.8) is 0 Å². The fourth-order valence-corrected chi connectivity index (χ4v) is 3.53. The number of ether oxygens (including phenoxy) is 1. The molecular formula is C15H21ClN4O2. The number of fused-ring (bicyclic) bond motifs is 1. The molecule has 2 aliphatic heterocycles. The quantitative estimate of drug-likeness (QED) is 0.739. The Morgan fingerprint density at radius 1 is 1.41 bits per heavy atom. The molecule has 0 radical (unpaired) electrons. The molecule has 3 rings (SSSR count). The Balaban J connectivity index is 2.10. The molecule has 6 nitrogen and oxygen atoms in total. The van der Waals surface area contributed by atoms with E-state index < -0.39 is 5.54 Å². The van der Waals surface area contributed by atoms with E-state index >= 15 is 0 Å². The molecule has 2 aliphatic rings. The van der Waals surface area contributed by atoms with Crippen molar-refractivity contribution >= 4 is 23.3 Å². The summed E-state index contributed by atoms with van der Waals surface area (Å²) in [6, 6.07) is 0.221. The maximum atomic E-state index is 12.0. The topological polar surface area (TPSA) is 58.6 Å². The molecule has 7 heteroatoms. The van der Waals surface area contributed by atoms with Gasteiger partial charge in [0.15, 0.2) is 0 Å². The second kappa shape index (κ2) is 5.35. The molecule has 1 aromatic heterocycles. The Morgan fingerprint density at radius 3 is 2.77 bits per heavy atom. The van der Waals surface area contributed by atoms with Crippen molar-refractivity contribution in [1.82, 2.24) is 14.9 Å². The van der Waals surface area contributed by atoms with Crippen LogP contribution in [0.3, 0.4) is 0 Å². The number of carbonyl (C=O) groups is 1. The smallest absolute Gasteiger partial charge is 0.224 e. The highest BCUT2D eigenvalue weighted by Gasteiger charge is 2.43. The summed E-state index contributed by atoms with van der Waals surface area (Å²) in [5.41, 5.74) is 1.37. The van der Waals surface area contributed by atoms with Gasteiger partial charge in [0.2, 0.25) is 11.2 Å². The Hall–Kier alpha value is -1.40. The van der Waals surface area contributed by atoms with Crippen LogP contribution in [0.1, 0.15) is 39.0 Å². The maximum Gasteiger partial charge on any atom is 0.224 e. The molecule has 1 fully saturated rings. The summed E-state index contributed by atoms with van der Waals surface area (Å²) in [7, 11) is 0. The molecule has 0 aromatic carbocycles. The minimum atomic E-state index is -0.474. The number of hydrogen-bond acceptors (Lipinski definition) is 5. The number of aromatic nitrogens is 2. The molecule has 1 atom stereocenters. The highest BCUT2D eigenvalue weighted by atomic mass is 35.5. The van der Waals surface area contributed by atoms with Crippen molar-refractivity contribution in [2.45, 2.75) is 45.8 Å². The SMILES string of the molecule is CC(=O)N1Cc2c(N3CCOC[C@H]3C)nc(Cl)nc2C1(C)C. The van der Waals surface area contributed by atoms with E-state index in [0.717, 1.165) is 23.6 Å². The molecule has 0 spiro atoms. The monoisotopic (exact) mass is 324 g/mol. The number of hydrogen-bond donors (Lipinski definition) is 0. The third kappa shape index (κ3) is 2.34. The van der Waals surface area contributed by atoms with E-state index in [4.69, 9.17) is 16.3 Å². The summed E-state index contributed by atoms with van der Waals surface area (Å²) < 4.78 is 5.50. The summed E-state index contributed by atoms with van der Waals surface area (Å²) in [6.07, 6.45) is 0. The van der Waals surface area contributed by atoms with Crippen molar-refractivity contribution in [2.24, 2.45) is 0 Å². The molecule has 1 amide bonds. The van der Waals surface area contributed by atoms with Crippen molar-refractivity contribution in [3.05, 3.63) is 16.5 Å². The lowest BCUT2D eigenvalue weighted by Crippen LogP contribution is -2.44. The largest absolute Gasteiger partial charge is 0.377 e. The van der Waals surface area contributed by atoms with Gasteiger partial charge >= 0.3 is 0 Å². The van der Waals surface area contributed by atoms with Crippen LogP contribution in [0.2, 0.25) is 5.28 Å². The number of halogens is 1. The van der Waals surface area contributed by atoms with Crippen molar-refractivity contribution in [3.8, 4) is 0 Å². The molecule has 1 aromatic rings. The van der Waals surface area contributed by atoms with Gasteiger partial charge in [0.25, 0.3) is 0 Å². The Bertz CT molecular complexity index is 620. The van der Waals surface area contributed by atoms with E-state index in [9.17, 15) is 4.79 Å². The van der Waals surface area contributed by atoms with Gasteiger partial charge in [0.1, 0.15) is 5.82 Å². The fourth-order valence-electron chi connectivity index (χ4n) is 3.37. The lowest BCUT2D eigenvalue weighted by Gasteiger charge is -2.35. The van der Waals surface area contributed by atoms with Gasteiger partial charge in [-0.25, -0.2) is 9.97 Å². The summed E-state index contributed by atoms with van der Waals surface area (Å²) in [5.74, 6) is 0.864. The predicted octanol–water partition coefficient (Wildman–Crippen LogP) is 1.95. The first-order chi connectivity index (χ1) is 10.3. The molecule has 0 aliphatic carbocycles. The van der Waals surface area contributed by atoms with Crippen molar-refractivity contribution < 1.29 is 9.53 Å². The van der Waals surface area contributed by atoms with Gasteiger partial charge in [-0.05, 0) is 32.4 Å². The number of carbonyl (C=O) groups excluding carboxylic acids is 1. The number of amides is 1. The fraction of sp³-hybridized carbons (Fsp3) is 0.667. The third-order valence-electron chi connectivity index (χ3n) is 4.55. The molecule has 3 heterocycles. The Kier molecular flexibility index (Phi) is 3.77. The number of morpholine rings is 1. The minimum Gasteiger partial charge on any atom is -0.377 e. The van der Waals surface area contributed by atoms with Crippen LogP contribution in [0.4, 0.5) is 5.82 Å². The molecule has 0 N–H and O–H groups in total. The van der Waals surface area contributed by atoms with E-state index in [0.29, 0.717) is 19.8 Å². The van der Waals surface area contributed by atoms with Crippen LogP contribution in [-0.4, -0.2) is 46.6 Å². The van der Waals surface area contributed by atoms with Gasteiger partial charge in [-0.2, -0.15) is 0 Å². The number of nitrogens with zero attached hydrogens (tertiary/aromatic N) is 4. The standard InChI is InChI=1S/C15H21ClN4O2/c1-9-8-22-6-5-19(9)13-11-7-20(10(2)21)15(3,4)12(11)17-14(16)18-13/h9H,5-8H2,1-4H3/t9-/m1/s1. The van der Waals surface area contributed by atoms with Gasteiger partial charge < -0.3 is 14.5 Å². The molecule has 0 bridgehead atoms. The first kappa shape index (κ1) is 15.5. The molecule has 22 heavy (non-hydrogen) atoms. The van der Waals surface area contributed by atoms with Gasteiger partial charge in [-0.1, -0.05) is 0 Å². The summed E-state index contributed by atoms with van der Waals surface area (Å²) in [6.45, 7) is 10.3. The number of anilines is 1. The zero-order valence-corrected chi connectivity index (χ0v) is 14.1. The second-order valence-electron chi connectivity index (χ2n) is 6.42. The normalized spacial score (nSPS) is 23.6. The van der Waals surface area contributed by atoms with Gasteiger partial charge in [0, 0.05) is 19.0 Å². The molecule has 1 saturated heterocycles. The average molecular weight is 325 g/mol. The van der Waals surface area contributed by atoms with Crippen molar-refractivity contribution in [2.75, 3.05) is 24.7 Å². The van der Waals surface area contributed by atoms with Crippen LogP contribution >= 0.6 is 11.6 Å².